The second-order valence-corrected chi connectivity index (χ2v) is 10.0. The normalized spacial score (nSPS) is 13.9. The van der Waals surface area contributed by atoms with E-state index in [9.17, 15) is 14.2 Å². The molecule has 0 aliphatic rings. The molecule has 11 nitrogen and oxygen atoms in total. The number of ether oxygens (including phenoxy) is 1. The van der Waals surface area contributed by atoms with Crippen LogP contribution in [0.2, 0.25) is 0 Å². The van der Waals surface area contributed by atoms with Crippen LogP contribution in [0.5, 0.6) is 5.75 Å². The number of fused-ring (bicyclic) bond motifs is 1. The van der Waals surface area contributed by atoms with Crippen LogP contribution in [-0.2, 0) is 20.6 Å². The zero-order valence-corrected chi connectivity index (χ0v) is 21.2. The highest BCUT2D eigenvalue weighted by molar-refractivity contribution is 7.60. The Morgan fingerprint density at radius 1 is 1.22 bits per heavy atom. The second-order valence-electron chi connectivity index (χ2n) is 8.11. The van der Waals surface area contributed by atoms with E-state index in [0.29, 0.717) is 17.9 Å². The van der Waals surface area contributed by atoms with Crippen LogP contribution >= 0.6 is 7.52 Å². The number of benzene rings is 2. The molecule has 192 valence electrons. The van der Waals surface area contributed by atoms with Gasteiger partial charge in [-0.2, -0.15) is 4.98 Å². The third-order valence-corrected chi connectivity index (χ3v) is 7.11. The lowest BCUT2D eigenvalue weighted by molar-refractivity contribution is -0.144. The van der Waals surface area contributed by atoms with E-state index < -0.39 is 25.1 Å². The van der Waals surface area contributed by atoms with Crippen LogP contribution in [0.3, 0.4) is 0 Å². The van der Waals surface area contributed by atoms with Gasteiger partial charge in [-0.15, -0.1) is 0 Å². The zero-order chi connectivity index (χ0) is 26.4. The van der Waals surface area contributed by atoms with Crippen molar-refractivity contribution in [3.8, 4) is 5.75 Å². The first-order valence-corrected chi connectivity index (χ1v) is 13.2. The Balaban J connectivity index is 1.65. The standard InChI is InChI=1S/C25H27N6O5P/c1-3-35-24(33)17(2)30-37(34,36-20-11-5-4-6-12-20)14-13-18-9-7-8-10-19(18)15-31-16-27-21-22(31)28-25(26)29-23(21)32/h4-14,16-17H,3,15H2,1-2H3,(H,30,34)(H3,26,28,29,32)/b14-13+/t17-,37?/m1/s1. The van der Waals surface area contributed by atoms with Crippen LogP contribution in [0, 0.1) is 0 Å². The number of nitrogens with one attached hydrogen (secondary N) is 2. The summed E-state index contributed by atoms with van der Waals surface area (Å²) in [5, 5.41) is 2.79. The number of aromatic amines is 1. The molecule has 0 saturated carbocycles. The zero-order valence-electron chi connectivity index (χ0n) is 20.3. The van der Waals surface area contributed by atoms with E-state index in [1.54, 1.807) is 48.8 Å². The number of nitrogens with two attached hydrogens (primary N) is 1. The van der Waals surface area contributed by atoms with E-state index in [1.807, 2.05) is 30.3 Å². The average molecular weight is 523 g/mol. The minimum atomic E-state index is -3.71. The summed E-state index contributed by atoms with van der Waals surface area (Å²) in [5.74, 6) is 1.25. The average Bonchev–Trinajstić information content (AvgIpc) is 3.27. The predicted octanol–water partition coefficient (Wildman–Crippen LogP) is 3.53. The summed E-state index contributed by atoms with van der Waals surface area (Å²) >= 11 is 0. The highest BCUT2D eigenvalue weighted by Crippen LogP contribution is 2.46. The van der Waals surface area contributed by atoms with Crippen molar-refractivity contribution in [1.29, 1.82) is 0 Å². The molecule has 4 rings (SSSR count). The Labute approximate surface area is 212 Å². The third kappa shape index (κ3) is 6.32. The largest absolute Gasteiger partial charge is 0.465 e. The highest BCUT2D eigenvalue weighted by Gasteiger charge is 2.28. The van der Waals surface area contributed by atoms with Crippen LogP contribution in [-0.4, -0.2) is 38.1 Å². The first kappa shape index (κ1) is 25.9. The molecular formula is C25H27N6O5P. The maximum absolute atomic E-state index is 13.8. The molecule has 2 aromatic carbocycles. The summed E-state index contributed by atoms with van der Waals surface area (Å²) in [6.45, 7) is 3.78. The third-order valence-electron chi connectivity index (χ3n) is 5.34. The number of nitrogen functional groups attached to an aromatic ring is 1. The minimum absolute atomic E-state index is 0.00627. The summed E-state index contributed by atoms with van der Waals surface area (Å²) in [6.07, 6.45) is 3.18. The molecule has 37 heavy (non-hydrogen) atoms. The van der Waals surface area contributed by atoms with Gasteiger partial charge in [0.25, 0.3) is 5.56 Å². The number of H-pyrrole nitrogens is 1. The molecule has 0 radical (unpaired) electrons. The summed E-state index contributed by atoms with van der Waals surface area (Å²) in [6, 6.07) is 15.3. The van der Waals surface area contributed by atoms with Crippen molar-refractivity contribution < 1.29 is 18.6 Å². The van der Waals surface area contributed by atoms with Crippen molar-refractivity contribution in [2.75, 3.05) is 12.3 Å². The Morgan fingerprint density at radius 3 is 2.70 bits per heavy atom. The van der Waals surface area contributed by atoms with E-state index in [1.165, 1.54) is 12.1 Å². The first-order valence-electron chi connectivity index (χ1n) is 11.5. The summed E-state index contributed by atoms with van der Waals surface area (Å²) in [4.78, 5) is 35.1. The van der Waals surface area contributed by atoms with E-state index in [-0.39, 0.29) is 18.1 Å². The SMILES string of the molecule is CCOC(=O)[C@@H](C)NP(=O)(/C=C/c1ccccc1Cn1cnc2c(=O)[nH]c(N)nc21)Oc1ccccc1. The van der Waals surface area contributed by atoms with Gasteiger partial charge in [0.2, 0.25) is 5.95 Å². The van der Waals surface area contributed by atoms with Gasteiger partial charge in [0.05, 0.1) is 19.5 Å². The van der Waals surface area contributed by atoms with Gasteiger partial charge in [-0.25, -0.2) is 10.1 Å². The fourth-order valence-electron chi connectivity index (χ4n) is 3.62. The molecule has 0 amide bonds. The molecule has 0 saturated heterocycles. The summed E-state index contributed by atoms with van der Waals surface area (Å²) in [7, 11) is -3.71. The maximum Gasteiger partial charge on any atom is 0.340 e. The molecule has 0 fully saturated rings. The Bertz CT molecular complexity index is 1530. The summed E-state index contributed by atoms with van der Waals surface area (Å²) in [5.41, 5.74) is 7.40. The first-order chi connectivity index (χ1) is 17.8. The number of aromatic nitrogens is 4. The molecule has 0 bridgehead atoms. The lowest BCUT2D eigenvalue weighted by atomic mass is 10.1. The molecule has 12 heteroatoms. The Hall–Kier alpha value is -4.21. The smallest absolute Gasteiger partial charge is 0.340 e. The number of para-hydroxylation sites is 1. The van der Waals surface area contributed by atoms with Crippen LogP contribution in [0.4, 0.5) is 5.95 Å². The summed E-state index contributed by atoms with van der Waals surface area (Å²) < 4.78 is 26.4. The molecule has 0 spiro atoms. The van der Waals surface area contributed by atoms with E-state index >= 15 is 0 Å². The van der Waals surface area contributed by atoms with Crippen LogP contribution < -0.4 is 20.9 Å². The quantitative estimate of drug-likeness (QED) is 0.210. The van der Waals surface area contributed by atoms with Crippen molar-refractivity contribution >= 4 is 36.7 Å². The van der Waals surface area contributed by atoms with Gasteiger partial charge < -0.3 is 19.6 Å². The molecule has 0 aliphatic carbocycles. The lowest BCUT2D eigenvalue weighted by Gasteiger charge is -2.21. The maximum atomic E-state index is 13.8. The number of esters is 1. The predicted molar refractivity (Wildman–Crippen MR) is 141 cm³/mol. The van der Waals surface area contributed by atoms with Gasteiger partial charge in [-0.1, -0.05) is 42.5 Å². The lowest BCUT2D eigenvalue weighted by Crippen LogP contribution is -2.34. The van der Waals surface area contributed by atoms with Crippen molar-refractivity contribution in [3.63, 3.8) is 0 Å². The highest BCUT2D eigenvalue weighted by atomic mass is 31.2. The fourth-order valence-corrected chi connectivity index (χ4v) is 5.25. The number of hydrogen-bond acceptors (Lipinski definition) is 8. The van der Waals surface area contributed by atoms with Crippen molar-refractivity contribution in [3.05, 3.63) is 88.2 Å². The molecule has 4 N–H and O–H groups in total. The van der Waals surface area contributed by atoms with Gasteiger partial charge >= 0.3 is 13.5 Å². The fraction of sp³-hybridized carbons (Fsp3) is 0.200. The molecule has 0 aliphatic heterocycles. The number of imidazole rings is 1. The van der Waals surface area contributed by atoms with Gasteiger partial charge in [-0.05, 0) is 43.2 Å². The van der Waals surface area contributed by atoms with Crippen molar-refractivity contribution in [2.24, 2.45) is 0 Å². The van der Waals surface area contributed by atoms with Gasteiger partial charge in [0.15, 0.2) is 11.2 Å². The van der Waals surface area contributed by atoms with E-state index in [4.69, 9.17) is 15.0 Å². The molecule has 2 atom stereocenters. The number of rotatable bonds is 10. The molecule has 2 aromatic heterocycles. The molecule has 4 aromatic rings. The Kier molecular flexibility index (Phi) is 7.86. The molecule has 2 heterocycles. The van der Waals surface area contributed by atoms with Crippen molar-refractivity contribution in [2.45, 2.75) is 26.4 Å². The second kappa shape index (κ2) is 11.2. The number of hydrogen-bond donors (Lipinski definition) is 3. The Morgan fingerprint density at radius 2 is 1.95 bits per heavy atom. The minimum Gasteiger partial charge on any atom is -0.465 e. The van der Waals surface area contributed by atoms with Crippen LogP contribution in [0.1, 0.15) is 25.0 Å². The molecule has 1 unspecified atom stereocenters. The topological polar surface area (TPSA) is 154 Å². The van der Waals surface area contributed by atoms with E-state index in [0.717, 1.165) is 11.1 Å². The monoisotopic (exact) mass is 522 g/mol. The van der Waals surface area contributed by atoms with Crippen LogP contribution in [0.15, 0.2) is 71.5 Å². The van der Waals surface area contributed by atoms with Gasteiger partial charge in [0.1, 0.15) is 11.8 Å². The van der Waals surface area contributed by atoms with Gasteiger partial charge in [-0.3, -0.25) is 19.1 Å². The van der Waals surface area contributed by atoms with Crippen molar-refractivity contribution in [1.82, 2.24) is 24.6 Å². The van der Waals surface area contributed by atoms with Crippen LogP contribution in [0.25, 0.3) is 17.2 Å². The number of anilines is 1. The number of carbonyl (C=O) groups excluding carboxylic acids is 1. The number of carbonyl (C=O) groups is 1. The van der Waals surface area contributed by atoms with E-state index in [2.05, 4.69) is 20.0 Å². The number of nitrogens with zero attached hydrogens (tertiary/aromatic N) is 3. The molecular weight excluding hydrogens is 495 g/mol. The van der Waals surface area contributed by atoms with Gasteiger partial charge in [0, 0.05) is 5.82 Å².